The van der Waals surface area contributed by atoms with Gasteiger partial charge in [0.2, 0.25) is 5.82 Å². The molecule has 25 heavy (non-hydrogen) atoms. The highest BCUT2D eigenvalue weighted by atomic mass is 79.9. The molecule has 0 radical (unpaired) electrons. The quantitative estimate of drug-likeness (QED) is 0.643. The average Bonchev–Trinajstić information content (AvgIpc) is 3.12. The van der Waals surface area contributed by atoms with E-state index in [0.717, 1.165) is 22.9 Å². The summed E-state index contributed by atoms with van der Waals surface area (Å²) in [5.74, 6) is 1.31. The SMILES string of the molecule is CCc1ccc(-c2noc(C[NH2+][C@H](CC)c3ccc(Br)cc3)n2)cc1. The summed E-state index contributed by atoms with van der Waals surface area (Å²) in [6, 6.07) is 17.2. The van der Waals surface area contributed by atoms with Crippen molar-refractivity contribution in [2.45, 2.75) is 39.3 Å². The number of nitrogens with zero attached hydrogens (tertiary/aromatic N) is 2. The second-order valence-electron chi connectivity index (χ2n) is 6.07. The molecule has 3 aromatic rings. The number of benzene rings is 2. The van der Waals surface area contributed by atoms with Crippen LogP contribution in [0.3, 0.4) is 0 Å². The normalized spacial score (nSPS) is 12.3. The van der Waals surface area contributed by atoms with Crippen LogP contribution in [0, 0.1) is 0 Å². The molecular weight excluding hydrogens is 378 g/mol. The Hall–Kier alpha value is -1.98. The summed E-state index contributed by atoms with van der Waals surface area (Å²) in [4.78, 5) is 4.53. The fourth-order valence-corrected chi connectivity index (χ4v) is 3.10. The third-order valence-corrected chi connectivity index (χ3v) is 4.93. The minimum Gasteiger partial charge on any atom is -0.333 e. The minimum absolute atomic E-state index is 0.382. The van der Waals surface area contributed by atoms with E-state index in [9.17, 15) is 0 Å². The Morgan fingerprint density at radius 3 is 2.40 bits per heavy atom. The zero-order valence-electron chi connectivity index (χ0n) is 14.6. The third kappa shape index (κ3) is 4.55. The van der Waals surface area contributed by atoms with E-state index in [4.69, 9.17) is 4.52 Å². The molecule has 0 aliphatic heterocycles. The van der Waals surface area contributed by atoms with Crippen molar-refractivity contribution in [1.29, 1.82) is 0 Å². The van der Waals surface area contributed by atoms with E-state index < -0.39 is 0 Å². The Balaban J connectivity index is 1.65. The van der Waals surface area contributed by atoms with E-state index in [0.29, 0.717) is 24.3 Å². The largest absolute Gasteiger partial charge is 0.333 e. The highest BCUT2D eigenvalue weighted by Gasteiger charge is 2.15. The van der Waals surface area contributed by atoms with Crippen LogP contribution in [0.25, 0.3) is 11.4 Å². The lowest BCUT2D eigenvalue weighted by Gasteiger charge is -2.12. The van der Waals surface area contributed by atoms with Crippen molar-refractivity contribution in [2.75, 3.05) is 0 Å². The van der Waals surface area contributed by atoms with Crippen molar-refractivity contribution >= 4 is 15.9 Å². The van der Waals surface area contributed by atoms with Crippen LogP contribution >= 0.6 is 15.9 Å². The highest BCUT2D eigenvalue weighted by Crippen LogP contribution is 2.18. The highest BCUT2D eigenvalue weighted by molar-refractivity contribution is 9.10. The molecular formula is C20H23BrN3O+. The summed E-state index contributed by atoms with van der Waals surface area (Å²) in [5.41, 5.74) is 3.61. The van der Waals surface area contributed by atoms with Crippen molar-refractivity contribution in [3.05, 3.63) is 70.0 Å². The number of nitrogens with two attached hydrogens (primary N) is 1. The molecule has 0 spiro atoms. The Morgan fingerprint density at radius 2 is 1.76 bits per heavy atom. The van der Waals surface area contributed by atoms with E-state index in [1.165, 1.54) is 11.1 Å². The molecule has 0 bridgehead atoms. The first-order valence-corrected chi connectivity index (χ1v) is 9.49. The Morgan fingerprint density at radius 1 is 1.04 bits per heavy atom. The molecule has 3 rings (SSSR count). The molecule has 1 heterocycles. The van der Waals surface area contributed by atoms with Crippen LogP contribution in [0.5, 0.6) is 0 Å². The van der Waals surface area contributed by atoms with Gasteiger partial charge in [-0.3, -0.25) is 0 Å². The van der Waals surface area contributed by atoms with Crippen LogP contribution in [-0.4, -0.2) is 10.1 Å². The smallest absolute Gasteiger partial charge is 0.282 e. The van der Waals surface area contributed by atoms with Gasteiger partial charge in [0.05, 0.1) is 0 Å². The van der Waals surface area contributed by atoms with Gasteiger partial charge in [-0.2, -0.15) is 4.98 Å². The standard InChI is InChI=1S/C20H22BrN3O/c1-3-14-5-7-16(8-6-14)20-23-19(25-24-20)13-22-18(4-2)15-9-11-17(21)12-10-15/h5-12,18,22H,3-4,13H2,1-2H3/p+1/t18-/m1/s1. The molecule has 0 aliphatic rings. The van der Waals surface area contributed by atoms with E-state index in [1.807, 2.05) is 12.1 Å². The van der Waals surface area contributed by atoms with Gasteiger partial charge in [0.25, 0.3) is 5.89 Å². The van der Waals surface area contributed by atoms with Crippen molar-refractivity contribution in [1.82, 2.24) is 10.1 Å². The van der Waals surface area contributed by atoms with E-state index >= 15 is 0 Å². The van der Waals surface area contributed by atoms with Crippen LogP contribution in [0.1, 0.15) is 43.3 Å². The lowest BCUT2D eigenvalue weighted by Crippen LogP contribution is -2.83. The van der Waals surface area contributed by atoms with E-state index in [2.05, 4.69) is 81.6 Å². The van der Waals surface area contributed by atoms with E-state index in [1.54, 1.807) is 0 Å². The first-order valence-electron chi connectivity index (χ1n) is 8.70. The number of rotatable bonds is 7. The van der Waals surface area contributed by atoms with Gasteiger partial charge in [-0.05, 0) is 24.1 Å². The summed E-state index contributed by atoms with van der Waals surface area (Å²) in [5, 5.41) is 6.37. The maximum atomic E-state index is 5.43. The van der Waals surface area contributed by atoms with Gasteiger partial charge in [0.15, 0.2) is 6.54 Å². The molecule has 0 saturated carbocycles. The van der Waals surface area contributed by atoms with Crippen LogP contribution in [0.15, 0.2) is 57.5 Å². The van der Waals surface area contributed by atoms with Crippen LogP contribution in [0.4, 0.5) is 0 Å². The van der Waals surface area contributed by atoms with Gasteiger partial charge in [-0.25, -0.2) is 0 Å². The summed E-state index contributed by atoms with van der Waals surface area (Å²) >= 11 is 3.48. The van der Waals surface area contributed by atoms with Crippen molar-refractivity contribution < 1.29 is 9.84 Å². The molecule has 0 amide bonds. The first-order chi connectivity index (χ1) is 12.2. The molecule has 0 unspecified atom stereocenters. The number of hydrogen-bond acceptors (Lipinski definition) is 3. The minimum atomic E-state index is 0.382. The molecule has 5 heteroatoms. The molecule has 1 atom stereocenters. The molecule has 4 nitrogen and oxygen atoms in total. The summed E-state index contributed by atoms with van der Waals surface area (Å²) in [6.45, 7) is 5.01. The maximum absolute atomic E-state index is 5.43. The van der Waals surface area contributed by atoms with Crippen LogP contribution < -0.4 is 5.32 Å². The second-order valence-corrected chi connectivity index (χ2v) is 6.98. The number of aryl methyl sites for hydroxylation is 1. The van der Waals surface area contributed by atoms with Gasteiger partial charge >= 0.3 is 0 Å². The number of aromatic nitrogens is 2. The summed E-state index contributed by atoms with van der Waals surface area (Å²) in [6.07, 6.45) is 2.07. The maximum Gasteiger partial charge on any atom is 0.282 e. The zero-order chi connectivity index (χ0) is 17.6. The van der Waals surface area contributed by atoms with Gasteiger partial charge in [0, 0.05) is 22.0 Å². The zero-order valence-corrected chi connectivity index (χ0v) is 16.2. The van der Waals surface area contributed by atoms with Crippen molar-refractivity contribution in [3.63, 3.8) is 0 Å². The van der Waals surface area contributed by atoms with Gasteiger partial charge in [-0.1, -0.05) is 71.3 Å². The predicted molar refractivity (Wildman–Crippen MR) is 102 cm³/mol. The first kappa shape index (κ1) is 17.8. The van der Waals surface area contributed by atoms with Crippen LogP contribution in [0.2, 0.25) is 0 Å². The molecule has 0 aliphatic carbocycles. The van der Waals surface area contributed by atoms with Gasteiger partial charge < -0.3 is 9.84 Å². The summed E-state index contributed by atoms with van der Waals surface area (Å²) in [7, 11) is 0. The molecule has 2 aromatic carbocycles. The Bertz CT molecular complexity index is 797. The van der Waals surface area contributed by atoms with Crippen LogP contribution in [-0.2, 0) is 13.0 Å². The fourth-order valence-electron chi connectivity index (χ4n) is 2.84. The monoisotopic (exact) mass is 400 g/mol. The molecule has 130 valence electrons. The lowest BCUT2D eigenvalue weighted by atomic mass is 10.0. The average molecular weight is 401 g/mol. The van der Waals surface area contributed by atoms with Crippen molar-refractivity contribution in [2.24, 2.45) is 0 Å². The fraction of sp³-hybridized carbons (Fsp3) is 0.300. The Labute approximate surface area is 156 Å². The molecule has 2 N–H and O–H groups in total. The third-order valence-electron chi connectivity index (χ3n) is 4.40. The van der Waals surface area contributed by atoms with Gasteiger partial charge in [-0.15, -0.1) is 0 Å². The van der Waals surface area contributed by atoms with Crippen molar-refractivity contribution in [3.8, 4) is 11.4 Å². The molecule has 1 aromatic heterocycles. The lowest BCUT2D eigenvalue weighted by molar-refractivity contribution is -0.713. The molecule has 0 fully saturated rings. The van der Waals surface area contributed by atoms with Gasteiger partial charge in [0.1, 0.15) is 6.04 Å². The number of halogens is 1. The second kappa shape index (κ2) is 8.41. The summed E-state index contributed by atoms with van der Waals surface area (Å²) < 4.78 is 6.52. The molecule has 0 saturated heterocycles. The topological polar surface area (TPSA) is 55.5 Å². The Kier molecular flexibility index (Phi) is 6.00. The van der Waals surface area contributed by atoms with E-state index in [-0.39, 0.29) is 0 Å². The number of quaternary nitrogens is 1. The number of hydrogen-bond donors (Lipinski definition) is 1. The predicted octanol–water partition coefficient (Wildman–Crippen LogP) is 4.28.